The van der Waals surface area contributed by atoms with E-state index >= 15 is 0 Å². The predicted molar refractivity (Wildman–Crippen MR) is 62.4 cm³/mol. The van der Waals surface area contributed by atoms with Crippen LogP contribution in [0.3, 0.4) is 0 Å². The fraction of sp³-hybridized carbons (Fsp3) is 0.636. The third-order valence-corrected chi connectivity index (χ3v) is 3.25. The number of likely N-dealkylation sites (tertiary alicyclic amines) is 1. The standard InChI is InChI=1S/C11H17N3O3/c1-13-5-3-8(4-6-13)14(2)11-12-9(7-17-11)10(15)16/h7-8H,3-6H2,1-2H3,(H,15,16). The molecular weight excluding hydrogens is 222 g/mol. The summed E-state index contributed by atoms with van der Waals surface area (Å²) in [5.41, 5.74) is -0.0419. The predicted octanol–water partition coefficient (Wildman–Crippen LogP) is 0.903. The van der Waals surface area contributed by atoms with Crippen molar-refractivity contribution in [3.05, 3.63) is 12.0 Å². The molecule has 0 radical (unpaired) electrons. The van der Waals surface area contributed by atoms with Gasteiger partial charge in [0.1, 0.15) is 6.26 Å². The number of hydrogen-bond acceptors (Lipinski definition) is 5. The number of aromatic carboxylic acids is 1. The molecule has 0 unspecified atom stereocenters. The average Bonchev–Trinajstić information content (AvgIpc) is 2.78. The second-order valence-corrected chi connectivity index (χ2v) is 4.47. The Balaban J connectivity index is 2.03. The zero-order valence-electron chi connectivity index (χ0n) is 10.1. The van der Waals surface area contributed by atoms with Crippen LogP contribution in [0.4, 0.5) is 6.01 Å². The van der Waals surface area contributed by atoms with E-state index < -0.39 is 5.97 Å². The largest absolute Gasteiger partial charge is 0.476 e. The topological polar surface area (TPSA) is 69.8 Å². The van der Waals surface area contributed by atoms with Crippen molar-refractivity contribution in [3.63, 3.8) is 0 Å². The number of rotatable bonds is 3. The Hall–Kier alpha value is -1.56. The van der Waals surface area contributed by atoms with Gasteiger partial charge in [-0.2, -0.15) is 4.98 Å². The normalized spacial score (nSPS) is 18.2. The number of carboxylic acids is 1. The van der Waals surface area contributed by atoms with E-state index in [1.54, 1.807) is 0 Å². The van der Waals surface area contributed by atoms with Crippen molar-refractivity contribution in [1.29, 1.82) is 0 Å². The minimum atomic E-state index is -1.06. The molecule has 1 fully saturated rings. The SMILES string of the molecule is CN1CCC(N(C)c2nc(C(=O)O)co2)CC1. The van der Waals surface area contributed by atoms with Crippen LogP contribution in [0.25, 0.3) is 0 Å². The zero-order chi connectivity index (χ0) is 12.4. The highest BCUT2D eigenvalue weighted by atomic mass is 16.4. The summed E-state index contributed by atoms with van der Waals surface area (Å²) in [4.78, 5) is 18.9. The van der Waals surface area contributed by atoms with Crippen LogP contribution >= 0.6 is 0 Å². The van der Waals surface area contributed by atoms with Gasteiger partial charge in [0.05, 0.1) is 0 Å². The lowest BCUT2D eigenvalue weighted by atomic mass is 10.0. The summed E-state index contributed by atoms with van der Waals surface area (Å²) in [5, 5.41) is 8.78. The van der Waals surface area contributed by atoms with Gasteiger partial charge in [-0.05, 0) is 33.0 Å². The Morgan fingerprint density at radius 2 is 2.24 bits per heavy atom. The number of oxazole rings is 1. The molecule has 1 aliphatic heterocycles. The molecule has 17 heavy (non-hydrogen) atoms. The first-order chi connectivity index (χ1) is 8.08. The van der Waals surface area contributed by atoms with E-state index in [2.05, 4.69) is 16.9 Å². The number of hydrogen-bond donors (Lipinski definition) is 1. The maximum absolute atomic E-state index is 10.7. The molecule has 0 spiro atoms. The summed E-state index contributed by atoms with van der Waals surface area (Å²) in [6.45, 7) is 2.09. The Morgan fingerprint density at radius 3 is 2.76 bits per heavy atom. The molecule has 1 aromatic rings. The molecule has 0 atom stereocenters. The van der Waals surface area contributed by atoms with Gasteiger partial charge in [0, 0.05) is 13.1 Å². The van der Waals surface area contributed by atoms with Crippen molar-refractivity contribution >= 4 is 12.0 Å². The van der Waals surface area contributed by atoms with Crippen molar-refractivity contribution < 1.29 is 14.3 Å². The summed E-state index contributed by atoms with van der Waals surface area (Å²) in [7, 11) is 4.00. The summed E-state index contributed by atoms with van der Waals surface area (Å²) in [5.74, 6) is -1.06. The zero-order valence-corrected chi connectivity index (χ0v) is 10.1. The Bertz CT molecular complexity index is 396. The van der Waals surface area contributed by atoms with Gasteiger partial charge in [-0.15, -0.1) is 0 Å². The van der Waals surface area contributed by atoms with Crippen molar-refractivity contribution in [2.24, 2.45) is 0 Å². The molecule has 6 heteroatoms. The van der Waals surface area contributed by atoms with Crippen LogP contribution in [0.1, 0.15) is 23.3 Å². The summed E-state index contributed by atoms with van der Waals surface area (Å²) in [6.07, 6.45) is 3.26. The molecule has 0 bridgehead atoms. The number of carbonyl (C=O) groups is 1. The Morgan fingerprint density at radius 1 is 1.59 bits per heavy atom. The fourth-order valence-corrected chi connectivity index (χ4v) is 2.06. The van der Waals surface area contributed by atoms with E-state index in [0.717, 1.165) is 25.9 Å². The molecule has 6 nitrogen and oxygen atoms in total. The van der Waals surface area contributed by atoms with Gasteiger partial charge in [-0.25, -0.2) is 4.79 Å². The number of nitrogens with zero attached hydrogens (tertiary/aromatic N) is 3. The van der Waals surface area contributed by atoms with E-state index in [-0.39, 0.29) is 5.69 Å². The smallest absolute Gasteiger partial charge is 0.357 e. The molecule has 0 aliphatic carbocycles. The molecule has 0 amide bonds. The van der Waals surface area contributed by atoms with Gasteiger partial charge in [0.15, 0.2) is 5.69 Å². The van der Waals surface area contributed by atoms with Crippen LogP contribution < -0.4 is 4.90 Å². The van der Waals surface area contributed by atoms with Crippen molar-refractivity contribution in [3.8, 4) is 0 Å². The summed E-state index contributed by atoms with van der Waals surface area (Å²) >= 11 is 0. The van der Waals surface area contributed by atoms with Gasteiger partial charge in [-0.1, -0.05) is 0 Å². The minimum absolute atomic E-state index is 0.0419. The molecule has 1 saturated heterocycles. The van der Waals surface area contributed by atoms with E-state index in [9.17, 15) is 4.79 Å². The molecule has 1 N–H and O–H groups in total. The summed E-state index contributed by atoms with van der Waals surface area (Å²) in [6, 6.07) is 0.753. The van der Waals surface area contributed by atoms with Crippen LogP contribution in [0.15, 0.2) is 10.7 Å². The molecule has 2 heterocycles. The van der Waals surface area contributed by atoms with E-state index in [1.165, 1.54) is 6.26 Å². The highest BCUT2D eigenvalue weighted by molar-refractivity contribution is 5.85. The van der Waals surface area contributed by atoms with Crippen molar-refractivity contribution in [2.45, 2.75) is 18.9 Å². The van der Waals surface area contributed by atoms with Crippen LogP contribution in [0.2, 0.25) is 0 Å². The van der Waals surface area contributed by atoms with Gasteiger partial charge in [0.2, 0.25) is 0 Å². The molecule has 94 valence electrons. The number of anilines is 1. The second kappa shape index (κ2) is 4.75. The van der Waals surface area contributed by atoms with Crippen LogP contribution in [-0.2, 0) is 0 Å². The van der Waals surface area contributed by atoms with Gasteiger partial charge >= 0.3 is 5.97 Å². The molecule has 2 rings (SSSR count). The second-order valence-electron chi connectivity index (χ2n) is 4.47. The number of carboxylic acid groups (broad SMARTS) is 1. The molecular formula is C11H17N3O3. The van der Waals surface area contributed by atoms with Crippen LogP contribution in [0, 0.1) is 0 Å². The van der Waals surface area contributed by atoms with Crippen LogP contribution in [-0.4, -0.2) is 54.2 Å². The lowest BCUT2D eigenvalue weighted by Crippen LogP contribution is -2.42. The first kappa shape index (κ1) is 11.9. The maximum Gasteiger partial charge on any atom is 0.357 e. The average molecular weight is 239 g/mol. The fourth-order valence-electron chi connectivity index (χ4n) is 2.06. The summed E-state index contributed by atoms with van der Waals surface area (Å²) < 4.78 is 5.19. The third-order valence-electron chi connectivity index (χ3n) is 3.25. The van der Waals surface area contributed by atoms with E-state index in [1.807, 2.05) is 11.9 Å². The number of aromatic nitrogens is 1. The van der Waals surface area contributed by atoms with Gasteiger partial charge in [-0.3, -0.25) is 0 Å². The quantitative estimate of drug-likeness (QED) is 0.845. The Kier molecular flexibility index (Phi) is 3.33. The van der Waals surface area contributed by atoms with Gasteiger partial charge in [0.25, 0.3) is 6.01 Å². The first-order valence-electron chi connectivity index (χ1n) is 5.68. The van der Waals surface area contributed by atoms with Crippen molar-refractivity contribution in [2.75, 3.05) is 32.1 Å². The van der Waals surface area contributed by atoms with Gasteiger partial charge < -0.3 is 19.3 Å². The molecule has 0 aromatic carbocycles. The lowest BCUT2D eigenvalue weighted by Gasteiger charge is -2.34. The molecule has 1 aromatic heterocycles. The monoisotopic (exact) mass is 239 g/mol. The first-order valence-corrected chi connectivity index (χ1v) is 5.68. The highest BCUT2D eigenvalue weighted by Gasteiger charge is 2.24. The molecule has 0 saturated carbocycles. The number of piperidine rings is 1. The van der Waals surface area contributed by atoms with E-state index in [4.69, 9.17) is 9.52 Å². The minimum Gasteiger partial charge on any atom is -0.476 e. The molecule has 1 aliphatic rings. The Labute approximate surface area is 99.8 Å². The van der Waals surface area contributed by atoms with Crippen molar-refractivity contribution in [1.82, 2.24) is 9.88 Å². The lowest BCUT2D eigenvalue weighted by molar-refractivity contribution is 0.0690. The van der Waals surface area contributed by atoms with E-state index in [0.29, 0.717) is 12.1 Å². The van der Waals surface area contributed by atoms with Crippen LogP contribution in [0.5, 0.6) is 0 Å². The third kappa shape index (κ3) is 2.58. The maximum atomic E-state index is 10.7. The highest BCUT2D eigenvalue weighted by Crippen LogP contribution is 2.21.